The first-order valence-corrected chi connectivity index (χ1v) is 9.05. The monoisotopic (exact) mass is 359 g/mol. The summed E-state index contributed by atoms with van der Waals surface area (Å²) in [6.45, 7) is 2.18. The summed E-state index contributed by atoms with van der Waals surface area (Å²) >= 11 is 0. The predicted molar refractivity (Wildman–Crippen MR) is 105 cm³/mol. The van der Waals surface area contributed by atoms with Crippen LogP contribution in [0, 0.1) is 0 Å². The molecule has 1 aliphatic heterocycles. The lowest BCUT2D eigenvalue weighted by Gasteiger charge is -2.26. The third-order valence-electron chi connectivity index (χ3n) is 4.68. The van der Waals surface area contributed by atoms with Gasteiger partial charge >= 0.3 is 0 Å². The van der Waals surface area contributed by atoms with Crippen LogP contribution in [-0.2, 0) is 4.79 Å². The van der Waals surface area contributed by atoms with Crippen molar-refractivity contribution >= 4 is 5.91 Å². The van der Waals surface area contributed by atoms with Gasteiger partial charge < -0.3 is 14.8 Å². The summed E-state index contributed by atoms with van der Waals surface area (Å²) in [5.74, 6) is 1.10. The molecule has 3 aromatic carbocycles. The first-order valence-electron chi connectivity index (χ1n) is 9.05. The Morgan fingerprint density at radius 3 is 2.26 bits per heavy atom. The second-order valence-corrected chi connectivity index (χ2v) is 6.58. The third-order valence-corrected chi connectivity index (χ3v) is 4.68. The number of carbonyl (C=O) groups is 1. The van der Waals surface area contributed by atoms with Crippen molar-refractivity contribution in [1.82, 2.24) is 5.32 Å². The lowest BCUT2D eigenvalue weighted by molar-refractivity contribution is -0.131. The molecule has 0 radical (unpaired) electrons. The molecule has 1 N–H and O–H groups in total. The maximum atomic E-state index is 12.6. The fourth-order valence-electron chi connectivity index (χ4n) is 3.13. The van der Waals surface area contributed by atoms with Crippen molar-refractivity contribution in [3.8, 4) is 22.6 Å². The fraction of sp³-hybridized carbons (Fsp3) is 0.174. The Balaban J connectivity index is 1.40. The summed E-state index contributed by atoms with van der Waals surface area (Å²) in [6, 6.07) is 25.7. The zero-order valence-electron chi connectivity index (χ0n) is 15.1. The molecule has 0 spiro atoms. The number of ether oxygens (including phenoxy) is 2. The summed E-state index contributed by atoms with van der Waals surface area (Å²) in [4.78, 5) is 12.6. The van der Waals surface area contributed by atoms with Crippen LogP contribution in [0.1, 0.15) is 18.5 Å². The molecule has 1 heterocycles. The molecular formula is C23H21NO3. The van der Waals surface area contributed by atoms with Crippen molar-refractivity contribution in [2.45, 2.75) is 19.1 Å². The topological polar surface area (TPSA) is 47.6 Å². The van der Waals surface area contributed by atoms with Gasteiger partial charge in [0.2, 0.25) is 6.10 Å². The molecule has 0 fully saturated rings. The molecule has 3 aromatic rings. The van der Waals surface area contributed by atoms with Crippen LogP contribution in [-0.4, -0.2) is 18.6 Å². The van der Waals surface area contributed by atoms with Gasteiger partial charge in [-0.1, -0.05) is 66.7 Å². The van der Waals surface area contributed by atoms with E-state index < -0.39 is 6.10 Å². The average Bonchev–Trinajstić information content (AvgIpc) is 2.74. The quantitative estimate of drug-likeness (QED) is 0.752. The number of para-hydroxylation sites is 2. The van der Waals surface area contributed by atoms with Crippen molar-refractivity contribution in [3.05, 3.63) is 84.4 Å². The number of nitrogens with one attached hydrogen (secondary N) is 1. The Morgan fingerprint density at radius 2 is 1.52 bits per heavy atom. The van der Waals surface area contributed by atoms with Crippen LogP contribution in [0.3, 0.4) is 0 Å². The minimum atomic E-state index is -0.647. The summed E-state index contributed by atoms with van der Waals surface area (Å²) < 4.78 is 11.4. The largest absolute Gasteiger partial charge is 0.485 e. The van der Waals surface area contributed by atoms with Gasteiger partial charge in [-0.05, 0) is 35.7 Å². The van der Waals surface area contributed by atoms with Gasteiger partial charge in [0.05, 0.1) is 6.04 Å². The second kappa shape index (κ2) is 7.54. The second-order valence-electron chi connectivity index (χ2n) is 6.58. The van der Waals surface area contributed by atoms with Gasteiger partial charge in [-0.15, -0.1) is 0 Å². The fourth-order valence-corrected chi connectivity index (χ4v) is 3.13. The minimum absolute atomic E-state index is 0.122. The number of hydrogen-bond acceptors (Lipinski definition) is 3. The molecule has 1 amide bonds. The van der Waals surface area contributed by atoms with Crippen molar-refractivity contribution in [2.75, 3.05) is 6.61 Å². The molecule has 0 saturated carbocycles. The van der Waals surface area contributed by atoms with Crippen molar-refractivity contribution in [1.29, 1.82) is 0 Å². The Bertz CT molecular complexity index is 922. The van der Waals surface area contributed by atoms with E-state index >= 15 is 0 Å². The number of carbonyl (C=O) groups excluding carboxylic acids is 1. The maximum absolute atomic E-state index is 12.6. The number of hydrogen-bond donors (Lipinski definition) is 1. The highest BCUT2D eigenvalue weighted by molar-refractivity contribution is 5.82. The molecule has 0 saturated heterocycles. The zero-order valence-corrected chi connectivity index (χ0v) is 15.1. The highest BCUT2D eigenvalue weighted by Crippen LogP contribution is 2.31. The third kappa shape index (κ3) is 3.80. The van der Waals surface area contributed by atoms with E-state index in [0.29, 0.717) is 11.5 Å². The molecule has 27 heavy (non-hydrogen) atoms. The number of rotatable bonds is 4. The summed E-state index contributed by atoms with van der Waals surface area (Å²) in [7, 11) is 0. The van der Waals surface area contributed by atoms with E-state index in [1.54, 1.807) is 6.07 Å². The highest BCUT2D eigenvalue weighted by Gasteiger charge is 2.28. The van der Waals surface area contributed by atoms with E-state index in [1.807, 2.05) is 55.5 Å². The number of amides is 1. The molecule has 2 atom stereocenters. The van der Waals surface area contributed by atoms with E-state index in [-0.39, 0.29) is 18.6 Å². The standard InChI is InChI=1S/C23H21NO3/c1-16(17-11-13-19(14-12-17)18-7-3-2-4-8-18)24-23(25)22-15-26-20-9-5-6-10-21(20)27-22/h2-14,16,22H,15H2,1H3,(H,24,25). The van der Waals surface area contributed by atoms with Crippen molar-refractivity contribution in [3.63, 3.8) is 0 Å². The molecule has 0 bridgehead atoms. The highest BCUT2D eigenvalue weighted by atomic mass is 16.6. The number of benzene rings is 3. The van der Waals surface area contributed by atoms with Gasteiger partial charge in [0, 0.05) is 0 Å². The molecule has 0 aromatic heterocycles. The molecular weight excluding hydrogens is 338 g/mol. The zero-order chi connectivity index (χ0) is 18.6. The molecule has 0 aliphatic carbocycles. The lowest BCUT2D eigenvalue weighted by atomic mass is 10.0. The normalized spacial score (nSPS) is 16.4. The summed E-state index contributed by atoms with van der Waals surface area (Å²) in [5, 5.41) is 3.01. The molecule has 1 aliphatic rings. The van der Waals surface area contributed by atoms with E-state index in [4.69, 9.17) is 9.47 Å². The van der Waals surface area contributed by atoms with Gasteiger partial charge in [0.15, 0.2) is 11.5 Å². The van der Waals surface area contributed by atoms with Crippen LogP contribution in [0.15, 0.2) is 78.9 Å². The average molecular weight is 359 g/mol. The van der Waals surface area contributed by atoms with Gasteiger partial charge in [-0.2, -0.15) is 0 Å². The maximum Gasteiger partial charge on any atom is 0.265 e. The van der Waals surface area contributed by atoms with E-state index in [2.05, 4.69) is 29.6 Å². The predicted octanol–water partition coefficient (Wildman–Crippen LogP) is 4.37. The van der Waals surface area contributed by atoms with Crippen LogP contribution in [0.25, 0.3) is 11.1 Å². The van der Waals surface area contributed by atoms with Gasteiger partial charge in [0.25, 0.3) is 5.91 Å². The van der Waals surface area contributed by atoms with Gasteiger partial charge in [0.1, 0.15) is 6.61 Å². The first kappa shape index (κ1) is 17.2. The Kier molecular flexibility index (Phi) is 4.79. The summed E-state index contributed by atoms with van der Waals surface area (Å²) in [6.07, 6.45) is -0.647. The number of fused-ring (bicyclic) bond motifs is 1. The van der Waals surface area contributed by atoms with Crippen molar-refractivity contribution < 1.29 is 14.3 Å². The smallest absolute Gasteiger partial charge is 0.265 e. The summed E-state index contributed by atoms with van der Waals surface area (Å²) in [5.41, 5.74) is 3.37. The Labute approximate surface area is 158 Å². The van der Waals surface area contributed by atoms with Crippen LogP contribution in [0.5, 0.6) is 11.5 Å². The Morgan fingerprint density at radius 1 is 0.889 bits per heavy atom. The Hall–Kier alpha value is -3.27. The molecule has 2 unspecified atom stereocenters. The molecule has 4 rings (SSSR count). The van der Waals surface area contributed by atoms with Crippen molar-refractivity contribution in [2.24, 2.45) is 0 Å². The van der Waals surface area contributed by atoms with Crippen LogP contribution in [0.2, 0.25) is 0 Å². The minimum Gasteiger partial charge on any atom is -0.485 e. The molecule has 4 heteroatoms. The van der Waals surface area contributed by atoms with Crippen LogP contribution >= 0.6 is 0 Å². The lowest BCUT2D eigenvalue weighted by Crippen LogP contribution is -2.44. The first-order chi connectivity index (χ1) is 13.2. The molecule has 4 nitrogen and oxygen atoms in total. The molecule has 136 valence electrons. The van der Waals surface area contributed by atoms with Crippen LogP contribution in [0.4, 0.5) is 0 Å². The van der Waals surface area contributed by atoms with Gasteiger partial charge in [-0.25, -0.2) is 0 Å². The van der Waals surface area contributed by atoms with Gasteiger partial charge in [-0.3, -0.25) is 4.79 Å². The van der Waals surface area contributed by atoms with Crippen LogP contribution < -0.4 is 14.8 Å². The van der Waals surface area contributed by atoms with E-state index in [1.165, 1.54) is 5.56 Å². The SMILES string of the molecule is CC(NC(=O)C1COc2ccccc2O1)c1ccc(-c2ccccc2)cc1. The van der Waals surface area contributed by atoms with E-state index in [0.717, 1.165) is 11.1 Å². The van der Waals surface area contributed by atoms with E-state index in [9.17, 15) is 4.79 Å².